The molecule has 6 heteroatoms. The van der Waals surface area contributed by atoms with E-state index in [4.69, 9.17) is 16.3 Å². The van der Waals surface area contributed by atoms with Crippen molar-refractivity contribution in [3.63, 3.8) is 0 Å². The summed E-state index contributed by atoms with van der Waals surface area (Å²) in [4.78, 5) is 17.2. The highest BCUT2D eigenvalue weighted by molar-refractivity contribution is 6.31. The van der Waals surface area contributed by atoms with Gasteiger partial charge in [-0.05, 0) is 48.9 Å². The zero-order valence-corrected chi connectivity index (χ0v) is 16.0. The van der Waals surface area contributed by atoms with Crippen LogP contribution in [0.3, 0.4) is 0 Å². The number of pyridine rings is 1. The van der Waals surface area contributed by atoms with Gasteiger partial charge in [0.1, 0.15) is 18.0 Å². The first-order chi connectivity index (χ1) is 13.6. The first kappa shape index (κ1) is 18.1. The van der Waals surface area contributed by atoms with Gasteiger partial charge in [0, 0.05) is 23.1 Å². The lowest BCUT2D eigenvalue weighted by atomic mass is 10.1. The maximum Gasteiger partial charge on any atom is 0.259 e. The molecule has 28 heavy (non-hydrogen) atoms. The molecule has 140 valence electrons. The number of fused-ring (bicyclic) bond motifs is 1. The maximum atomic E-state index is 12.7. The Morgan fingerprint density at radius 1 is 1.14 bits per heavy atom. The number of benzene rings is 2. The Morgan fingerprint density at radius 3 is 2.79 bits per heavy atom. The zero-order chi connectivity index (χ0) is 19.5. The number of hydrogen-bond acceptors (Lipinski definition) is 3. The normalized spacial score (nSPS) is 10.8. The highest BCUT2D eigenvalue weighted by Crippen LogP contribution is 2.23. The summed E-state index contributed by atoms with van der Waals surface area (Å²) in [7, 11) is 0. The molecule has 0 fully saturated rings. The molecule has 2 aromatic heterocycles. The van der Waals surface area contributed by atoms with Crippen molar-refractivity contribution < 1.29 is 9.53 Å². The number of carbonyl (C=O) groups excluding carboxylic acids is 1. The molecular formula is C22H18ClN3O2. The van der Waals surface area contributed by atoms with E-state index in [9.17, 15) is 4.79 Å². The molecule has 0 atom stereocenters. The van der Waals surface area contributed by atoms with Gasteiger partial charge in [0.15, 0.2) is 0 Å². The number of para-hydroxylation sites is 1. The van der Waals surface area contributed by atoms with Crippen LogP contribution in [0.2, 0.25) is 5.02 Å². The molecule has 4 rings (SSSR count). The molecule has 4 aromatic rings. The summed E-state index contributed by atoms with van der Waals surface area (Å²) in [6, 6.07) is 18.3. The Hall–Kier alpha value is -3.31. The molecule has 2 heterocycles. The largest absolute Gasteiger partial charge is 0.486 e. The van der Waals surface area contributed by atoms with E-state index < -0.39 is 0 Å². The van der Waals surface area contributed by atoms with Crippen LogP contribution in [-0.2, 0) is 6.61 Å². The number of nitrogens with zero attached hydrogens (tertiary/aromatic N) is 2. The van der Waals surface area contributed by atoms with Crippen LogP contribution in [0, 0.1) is 6.92 Å². The summed E-state index contributed by atoms with van der Waals surface area (Å²) in [5.41, 5.74) is 3.67. The van der Waals surface area contributed by atoms with E-state index in [0.29, 0.717) is 22.0 Å². The molecule has 1 N–H and O–H groups in total. The molecule has 0 saturated carbocycles. The minimum atomic E-state index is -0.259. The lowest BCUT2D eigenvalue weighted by Gasteiger charge is -2.11. The second-order valence-electron chi connectivity index (χ2n) is 6.40. The third-order valence-electron chi connectivity index (χ3n) is 4.35. The monoisotopic (exact) mass is 391 g/mol. The molecule has 0 radical (unpaired) electrons. The lowest BCUT2D eigenvalue weighted by Crippen LogP contribution is -2.13. The predicted molar refractivity (Wildman–Crippen MR) is 110 cm³/mol. The summed E-state index contributed by atoms with van der Waals surface area (Å²) in [5.74, 6) is 0.237. The van der Waals surface area contributed by atoms with Gasteiger partial charge in [-0.1, -0.05) is 35.9 Å². The van der Waals surface area contributed by atoms with E-state index in [1.54, 1.807) is 24.3 Å². The quantitative estimate of drug-likeness (QED) is 0.513. The second-order valence-corrected chi connectivity index (χ2v) is 6.81. The van der Waals surface area contributed by atoms with Gasteiger partial charge in [0.05, 0.1) is 11.3 Å². The molecule has 0 aliphatic heterocycles. The number of hydrogen-bond donors (Lipinski definition) is 1. The van der Waals surface area contributed by atoms with E-state index in [1.807, 2.05) is 60.1 Å². The third-order valence-corrected chi connectivity index (χ3v) is 4.76. The number of rotatable bonds is 5. The van der Waals surface area contributed by atoms with Crippen molar-refractivity contribution in [1.82, 2.24) is 9.38 Å². The Bertz CT molecular complexity index is 1120. The van der Waals surface area contributed by atoms with Gasteiger partial charge in [0.2, 0.25) is 0 Å². The molecule has 0 bridgehead atoms. The van der Waals surface area contributed by atoms with Gasteiger partial charge in [-0.3, -0.25) is 4.79 Å². The van der Waals surface area contributed by atoms with Crippen molar-refractivity contribution >= 4 is 28.8 Å². The van der Waals surface area contributed by atoms with Crippen LogP contribution in [0.4, 0.5) is 5.69 Å². The van der Waals surface area contributed by atoms with E-state index in [-0.39, 0.29) is 12.5 Å². The Balaban J connectivity index is 1.51. The minimum absolute atomic E-state index is 0.259. The molecular weight excluding hydrogens is 374 g/mol. The van der Waals surface area contributed by atoms with Crippen LogP contribution in [0.5, 0.6) is 5.75 Å². The van der Waals surface area contributed by atoms with Crippen LogP contribution in [0.25, 0.3) is 5.65 Å². The molecule has 0 saturated heterocycles. The van der Waals surface area contributed by atoms with Crippen LogP contribution in [0.1, 0.15) is 21.6 Å². The molecule has 0 aliphatic carbocycles. The van der Waals surface area contributed by atoms with E-state index in [2.05, 4.69) is 10.3 Å². The number of imidazole rings is 1. The fourth-order valence-corrected chi connectivity index (χ4v) is 3.04. The number of ether oxygens (including phenoxy) is 1. The molecule has 5 nitrogen and oxygen atoms in total. The standard InChI is InChI=1S/C22H18ClN3O2/c1-15-9-10-16(12-19(15)23)25-22(27)18-6-2-3-7-20(18)28-14-17-13-26-11-5-4-8-21(26)24-17/h2-13H,14H2,1H3,(H,25,27). The van der Waals surface area contributed by atoms with Crippen LogP contribution < -0.4 is 10.1 Å². The van der Waals surface area contributed by atoms with Crippen molar-refractivity contribution in [3.8, 4) is 5.75 Å². The molecule has 0 unspecified atom stereocenters. The number of amides is 1. The SMILES string of the molecule is Cc1ccc(NC(=O)c2ccccc2OCc2cn3ccccc3n2)cc1Cl. The predicted octanol–water partition coefficient (Wildman–Crippen LogP) is 5.13. The smallest absolute Gasteiger partial charge is 0.259 e. The van der Waals surface area contributed by atoms with Gasteiger partial charge >= 0.3 is 0 Å². The minimum Gasteiger partial charge on any atom is -0.486 e. The van der Waals surface area contributed by atoms with Gasteiger partial charge in [-0.25, -0.2) is 4.98 Å². The van der Waals surface area contributed by atoms with Crippen molar-refractivity contribution in [2.45, 2.75) is 13.5 Å². The highest BCUT2D eigenvalue weighted by atomic mass is 35.5. The molecule has 0 spiro atoms. The Kier molecular flexibility index (Phi) is 5.00. The molecule has 1 amide bonds. The van der Waals surface area contributed by atoms with E-state index in [1.165, 1.54) is 0 Å². The fourth-order valence-electron chi connectivity index (χ4n) is 2.86. The van der Waals surface area contributed by atoms with Crippen LogP contribution in [0.15, 0.2) is 73.1 Å². The average Bonchev–Trinajstić information content (AvgIpc) is 3.12. The van der Waals surface area contributed by atoms with E-state index in [0.717, 1.165) is 16.9 Å². The highest BCUT2D eigenvalue weighted by Gasteiger charge is 2.13. The summed E-state index contributed by atoms with van der Waals surface area (Å²) in [6.07, 6.45) is 3.84. The fraction of sp³-hybridized carbons (Fsp3) is 0.0909. The first-order valence-electron chi connectivity index (χ1n) is 8.82. The summed E-state index contributed by atoms with van der Waals surface area (Å²) in [6.45, 7) is 2.18. The third kappa shape index (κ3) is 3.85. The second kappa shape index (κ2) is 7.74. The van der Waals surface area contributed by atoms with Crippen molar-refractivity contribution in [3.05, 3.63) is 94.9 Å². The molecule has 0 aliphatic rings. The first-order valence-corrected chi connectivity index (χ1v) is 9.20. The van der Waals surface area contributed by atoms with Crippen molar-refractivity contribution in [2.24, 2.45) is 0 Å². The van der Waals surface area contributed by atoms with Gasteiger partial charge in [-0.2, -0.15) is 0 Å². The number of anilines is 1. The van der Waals surface area contributed by atoms with Crippen LogP contribution >= 0.6 is 11.6 Å². The van der Waals surface area contributed by atoms with Crippen molar-refractivity contribution in [2.75, 3.05) is 5.32 Å². The van der Waals surface area contributed by atoms with Crippen LogP contribution in [-0.4, -0.2) is 15.3 Å². The number of aryl methyl sites for hydroxylation is 1. The number of halogens is 1. The Morgan fingerprint density at radius 2 is 1.96 bits per heavy atom. The lowest BCUT2D eigenvalue weighted by molar-refractivity contribution is 0.102. The van der Waals surface area contributed by atoms with Gasteiger partial charge in [0.25, 0.3) is 5.91 Å². The number of aromatic nitrogens is 2. The Labute approximate surface area is 167 Å². The van der Waals surface area contributed by atoms with Crippen molar-refractivity contribution in [1.29, 1.82) is 0 Å². The number of nitrogens with one attached hydrogen (secondary N) is 1. The van der Waals surface area contributed by atoms with E-state index >= 15 is 0 Å². The maximum absolute atomic E-state index is 12.7. The summed E-state index contributed by atoms with van der Waals surface area (Å²) >= 11 is 6.14. The summed E-state index contributed by atoms with van der Waals surface area (Å²) < 4.78 is 7.82. The summed E-state index contributed by atoms with van der Waals surface area (Å²) in [5, 5.41) is 3.47. The molecule has 2 aromatic carbocycles. The van der Waals surface area contributed by atoms with Gasteiger partial charge < -0.3 is 14.5 Å². The number of carbonyl (C=O) groups is 1. The van der Waals surface area contributed by atoms with Gasteiger partial charge in [-0.15, -0.1) is 0 Å². The zero-order valence-electron chi connectivity index (χ0n) is 15.2. The average molecular weight is 392 g/mol. The topological polar surface area (TPSA) is 55.6 Å².